The molecule has 1 saturated heterocycles. The van der Waals surface area contributed by atoms with Gasteiger partial charge in [-0.15, -0.1) is 0 Å². The molecule has 0 radical (unpaired) electrons. The molecule has 24 heavy (non-hydrogen) atoms. The first-order chi connectivity index (χ1) is 11.4. The maximum Gasteiger partial charge on any atom is 0.328 e. The number of aromatic amines is 1. The Kier molecular flexibility index (Phi) is 4.13. The Labute approximate surface area is 138 Å². The Bertz CT molecular complexity index is 877. The Morgan fingerprint density at radius 3 is 2.83 bits per heavy atom. The molecule has 0 unspecified atom stereocenters. The predicted octanol–water partition coefficient (Wildman–Crippen LogP) is 1.16. The van der Waals surface area contributed by atoms with Crippen molar-refractivity contribution in [1.82, 2.24) is 19.6 Å². The molecule has 3 rings (SSSR count). The summed E-state index contributed by atoms with van der Waals surface area (Å²) in [5, 5.41) is 4.09. The lowest BCUT2D eigenvalue weighted by Crippen LogP contribution is -2.38. The van der Waals surface area contributed by atoms with E-state index >= 15 is 0 Å². The van der Waals surface area contributed by atoms with E-state index in [1.54, 1.807) is 4.90 Å². The van der Waals surface area contributed by atoms with Crippen molar-refractivity contribution >= 4 is 5.91 Å². The molecule has 1 fully saturated rings. The molecule has 0 bridgehead atoms. The first-order valence-electron chi connectivity index (χ1n) is 7.96. The fraction of sp³-hybridized carbons (Fsp3) is 0.500. The normalized spacial score (nSPS) is 17.7. The van der Waals surface area contributed by atoms with Crippen LogP contribution in [-0.4, -0.2) is 32.1 Å². The first-order valence-corrected chi connectivity index (χ1v) is 7.96. The summed E-state index contributed by atoms with van der Waals surface area (Å²) in [4.78, 5) is 40.0. The van der Waals surface area contributed by atoms with Gasteiger partial charge in [-0.3, -0.25) is 14.6 Å². The van der Waals surface area contributed by atoms with Gasteiger partial charge < -0.3 is 14.0 Å². The number of hydrogen-bond donors (Lipinski definition) is 1. The highest BCUT2D eigenvalue weighted by atomic mass is 16.5. The van der Waals surface area contributed by atoms with Gasteiger partial charge in [0.2, 0.25) is 0 Å². The largest absolute Gasteiger partial charge is 0.361 e. The van der Waals surface area contributed by atoms with Crippen LogP contribution in [-0.2, 0) is 7.05 Å². The highest BCUT2D eigenvalue weighted by Crippen LogP contribution is 2.33. The second kappa shape index (κ2) is 6.10. The van der Waals surface area contributed by atoms with E-state index in [1.807, 2.05) is 19.9 Å². The van der Waals surface area contributed by atoms with Crippen molar-refractivity contribution in [3.05, 3.63) is 50.1 Å². The molecule has 0 aliphatic carbocycles. The molecule has 0 saturated carbocycles. The van der Waals surface area contributed by atoms with E-state index in [-0.39, 0.29) is 17.5 Å². The lowest BCUT2D eigenvalue weighted by molar-refractivity contribution is 0.0728. The van der Waals surface area contributed by atoms with Gasteiger partial charge >= 0.3 is 5.69 Å². The van der Waals surface area contributed by atoms with Crippen LogP contribution in [0.5, 0.6) is 0 Å². The zero-order valence-electron chi connectivity index (χ0n) is 13.9. The van der Waals surface area contributed by atoms with Crippen molar-refractivity contribution < 1.29 is 9.32 Å². The Morgan fingerprint density at radius 2 is 2.17 bits per heavy atom. The van der Waals surface area contributed by atoms with Gasteiger partial charge in [-0.1, -0.05) is 19.0 Å². The van der Waals surface area contributed by atoms with Gasteiger partial charge in [0, 0.05) is 31.8 Å². The van der Waals surface area contributed by atoms with Gasteiger partial charge in [0.15, 0.2) is 0 Å². The van der Waals surface area contributed by atoms with E-state index in [2.05, 4.69) is 10.1 Å². The minimum Gasteiger partial charge on any atom is -0.361 e. The summed E-state index contributed by atoms with van der Waals surface area (Å²) < 4.78 is 6.52. The van der Waals surface area contributed by atoms with Crippen molar-refractivity contribution in [2.24, 2.45) is 7.05 Å². The summed E-state index contributed by atoms with van der Waals surface area (Å²) in [6.07, 6.45) is 2.87. The Morgan fingerprint density at radius 1 is 1.42 bits per heavy atom. The number of carbonyl (C=O) groups excluding carboxylic acids is 1. The molecule has 1 atom stereocenters. The summed E-state index contributed by atoms with van der Waals surface area (Å²) in [6, 6.07) is 1.65. The maximum absolute atomic E-state index is 12.8. The van der Waals surface area contributed by atoms with Crippen LogP contribution in [0.25, 0.3) is 0 Å². The van der Waals surface area contributed by atoms with Crippen LogP contribution in [0.1, 0.15) is 60.5 Å². The Hall–Kier alpha value is -2.64. The third-order valence-electron chi connectivity index (χ3n) is 4.31. The molecule has 2 aromatic heterocycles. The second-order valence-electron chi connectivity index (χ2n) is 6.38. The number of likely N-dealkylation sites (tertiary alicyclic amines) is 1. The standard InChI is InChI=1S/C16H20N4O4/c1-9(2)13-7-11(18-24-13)12-5-4-6-20(12)15(22)10-8-19(3)16(23)17-14(10)21/h7-9,12H,4-6H2,1-3H3,(H,17,21,23)/t12-/m0/s1. The summed E-state index contributed by atoms with van der Waals surface area (Å²) in [6.45, 7) is 4.55. The first kappa shape index (κ1) is 16.2. The fourth-order valence-electron chi connectivity index (χ4n) is 2.92. The van der Waals surface area contributed by atoms with Gasteiger partial charge in [-0.05, 0) is 12.8 Å². The Balaban J connectivity index is 1.92. The molecular weight excluding hydrogens is 312 g/mol. The lowest BCUT2D eigenvalue weighted by Gasteiger charge is -2.22. The van der Waals surface area contributed by atoms with Gasteiger partial charge in [0.25, 0.3) is 11.5 Å². The van der Waals surface area contributed by atoms with E-state index in [0.717, 1.165) is 18.6 Å². The molecule has 8 nitrogen and oxygen atoms in total. The number of aromatic nitrogens is 3. The molecule has 128 valence electrons. The second-order valence-corrected chi connectivity index (χ2v) is 6.38. The molecule has 1 aliphatic heterocycles. The van der Waals surface area contributed by atoms with Crippen molar-refractivity contribution in [3.8, 4) is 0 Å². The molecular formula is C16H20N4O4. The van der Waals surface area contributed by atoms with Gasteiger partial charge in [0.1, 0.15) is 17.0 Å². The molecule has 0 spiro atoms. The quantitative estimate of drug-likeness (QED) is 0.909. The fourth-order valence-corrected chi connectivity index (χ4v) is 2.92. The van der Waals surface area contributed by atoms with Crippen LogP contribution in [0.2, 0.25) is 0 Å². The molecule has 1 N–H and O–H groups in total. The number of nitrogens with zero attached hydrogens (tertiary/aromatic N) is 3. The number of carbonyl (C=O) groups is 1. The van der Waals surface area contributed by atoms with Crippen LogP contribution < -0.4 is 11.2 Å². The number of amides is 1. The third kappa shape index (κ3) is 2.79. The average Bonchev–Trinajstić information content (AvgIpc) is 3.18. The molecule has 3 heterocycles. The monoisotopic (exact) mass is 332 g/mol. The van der Waals surface area contributed by atoms with E-state index in [9.17, 15) is 14.4 Å². The number of rotatable bonds is 3. The van der Waals surface area contributed by atoms with Gasteiger partial charge in [-0.2, -0.15) is 0 Å². The maximum atomic E-state index is 12.8. The molecule has 8 heteroatoms. The van der Waals surface area contributed by atoms with E-state index in [4.69, 9.17) is 4.52 Å². The van der Waals surface area contributed by atoms with Crippen LogP contribution in [0.4, 0.5) is 0 Å². The average molecular weight is 332 g/mol. The summed E-state index contributed by atoms with van der Waals surface area (Å²) in [5.41, 5.74) is -0.563. The summed E-state index contributed by atoms with van der Waals surface area (Å²) in [5.74, 6) is 0.580. The van der Waals surface area contributed by atoms with E-state index in [1.165, 1.54) is 17.8 Å². The molecule has 2 aromatic rings. The van der Waals surface area contributed by atoms with E-state index in [0.29, 0.717) is 12.2 Å². The van der Waals surface area contributed by atoms with Crippen molar-refractivity contribution in [1.29, 1.82) is 0 Å². The lowest BCUT2D eigenvalue weighted by atomic mass is 10.1. The highest BCUT2D eigenvalue weighted by Gasteiger charge is 2.34. The number of nitrogens with one attached hydrogen (secondary N) is 1. The minimum atomic E-state index is -0.670. The zero-order chi connectivity index (χ0) is 17.4. The van der Waals surface area contributed by atoms with Crippen LogP contribution >= 0.6 is 0 Å². The molecule has 0 aromatic carbocycles. The van der Waals surface area contributed by atoms with Crippen LogP contribution in [0, 0.1) is 0 Å². The van der Waals surface area contributed by atoms with Crippen molar-refractivity contribution in [2.75, 3.05) is 6.54 Å². The van der Waals surface area contributed by atoms with Crippen LogP contribution in [0.3, 0.4) is 0 Å². The summed E-state index contributed by atoms with van der Waals surface area (Å²) in [7, 11) is 1.49. The van der Waals surface area contributed by atoms with Crippen molar-refractivity contribution in [3.63, 3.8) is 0 Å². The third-order valence-corrected chi connectivity index (χ3v) is 4.31. The number of hydrogen-bond acceptors (Lipinski definition) is 5. The van der Waals surface area contributed by atoms with Gasteiger partial charge in [0.05, 0.1) is 6.04 Å². The molecule has 1 aliphatic rings. The minimum absolute atomic E-state index is 0.0448. The SMILES string of the molecule is CC(C)c1cc([C@@H]2CCCN2C(=O)c2cn(C)c(=O)[nH]c2=O)no1. The highest BCUT2D eigenvalue weighted by molar-refractivity contribution is 5.94. The topological polar surface area (TPSA) is 101 Å². The zero-order valence-corrected chi connectivity index (χ0v) is 13.9. The number of H-pyrrole nitrogens is 1. The summed E-state index contributed by atoms with van der Waals surface area (Å²) >= 11 is 0. The smallest absolute Gasteiger partial charge is 0.328 e. The van der Waals surface area contributed by atoms with Crippen LogP contribution in [0.15, 0.2) is 26.4 Å². The molecule has 1 amide bonds. The predicted molar refractivity (Wildman–Crippen MR) is 85.9 cm³/mol. The van der Waals surface area contributed by atoms with Gasteiger partial charge in [-0.25, -0.2) is 4.79 Å². The van der Waals surface area contributed by atoms with E-state index < -0.39 is 17.2 Å². The van der Waals surface area contributed by atoms with Crippen molar-refractivity contribution in [2.45, 2.75) is 38.6 Å². The number of aryl methyl sites for hydroxylation is 1.